The van der Waals surface area contributed by atoms with Crippen molar-refractivity contribution < 1.29 is 9.18 Å². The van der Waals surface area contributed by atoms with Gasteiger partial charge in [-0.1, -0.05) is 12.1 Å². The zero-order valence-corrected chi connectivity index (χ0v) is 9.52. The Balaban J connectivity index is 1.89. The predicted molar refractivity (Wildman–Crippen MR) is 64.3 cm³/mol. The van der Waals surface area contributed by atoms with E-state index in [2.05, 4.69) is 10.6 Å². The van der Waals surface area contributed by atoms with E-state index < -0.39 is 5.82 Å². The van der Waals surface area contributed by atoms with Gasteiger partial charge in [-0.3, -0.25) is 0 Å². The minimum atomic E-state index is -0.418. The summed E-state index contributed by atoms with van der Waals surface area (Å²) in [5.41, 5.74) is 0.214. The van der Waals surface area contributed by atoms with Gasteiger partial charge in [-0.25, -0.2) is 9.18 Å². The van der Waals surface area contributed by atoms with Crippen molar-refractivity contribution in [2.75, 3.05) is 16.8 Å². The number of urea groups is 1. The van der Waals surface area contributed by atoms with Crippen molar-refractivity contribution in [1.29, 1.82) is 0 Å². The van der Waals surface area contributed by atoms with E-state index in [4.69, 9.17) is 0 Å². The molecule has 2 rings (SSSR count). The summed E-state index contributed by atoms with van der Waals surface area (Å²) < 4.78 is 13.2. The van der Waals surface area contributed by atoms with Crippen LogP contribution in [0.15, 0.2) is 24.3 Å². The van der Waals surface area contributed by atoms with Crippen LogP contribution in [0, 0.1) is 5.82 Å². The van der Waals surface area contributed by atoms with E-state index in [9.17, 15) is 9.18 Å². The fourth-order valence-corrected chi connectivity index (χ4v) is 2.71. The number of amides is 2. The van der Waals surface area contributed by atoms with Crippen LogP contribution in [0.3, 0.4) is 0 Å². The van der Waals surface area contributed by atoms with Crippen molar-refractivity contribution in [2.45, 2.75) is 12.5 Å². The molecule has 86 valence electrons. The number of para-hydroxylation sites is 1. The molecule has 0 aromatic heterocycles. The molecule has 1 aliphatic rings. The Kier molecular flexibility index (Phi) is 3.66. The van der Waals surface area contributed by atoms with Crippen LogP contribution in [-0.4, -0.2) is 23.6 Å². The lowest BCUT2D eigenvalue weighted by Crippen LogP contribution is -2.37. The molecule has 0 radical (unpaired) electrons. The summed E-state index contributed by atoms with van der Waals surface area (Å²) in [4.78, 5) is 11.5. The van der Waals surface area contributed by atoms with Gasteiger partial charge in [-0.2, -0.15) is 11.8 Å². The Morgan fingerprint density at radius 1 is 1.44 bits per heavy atom. The Morgan fingerprint density at radius 3 is 2.94 bits per heavy atom. The summed E-state index contributed by atoms with van der Waals surface area (Å²) in [5.74, 6) is 1.59. The smallest absolute Gasteiger partial charge is 0.319 e. The van der Waals surface area contributed by atoms with E-state index in [1.165, 1.54) is 12.1 Å². The van der Waals surface area contributed by atoms with E-state index >= 15 is 0 Å². The van der Waals surface area contributed by atoms with Gasteiger partial charge in [0.05, 0.1) is 5.69 Å². The third-order valence-corrected chi connectivity index (χ3v) is 3.55. The molecule has 0 spiro atoms. The third-order valence-electron chi connectivity index (χ3n) is 2.39. The molecule has 2 N–H and O–H groups in total. The van der Waals surface area contributed by atoms with Crippen LogP contribution in [0.25, 0.3) is 0 Å². The number of anilines is 1. The highest BCUT2D eigenvalue weighted by molar-refractivity contribution is 7.99. The SMILES string of the molecule is O=C(Nc1ccccc1F)NC1CCSC1. The second kappa shape index (κ2) is 5.21. The van der Waals surface area contributed by atoms with Crippen molar-refractivity contribution >= 4 is 23.5 Å². The minimum absolute atomic E-state index is 0.205. The van der Waals surface area contributed by atoms with Crippen LogP contribution in [0.5, 0.6) is 0 Å². The number of benzene rings is 1. The van der Waals surface area contributed by atoms with Crippen LogP contribution < -0.4 is 10.6 Å². The topological polar surface area (TPSA) is 41.1 Å². The average Bonchev–Trinajstić information content (AvgIpc) is 2.74. The van der Waals surface area contributed by atoms with Crippen LogP contribution >= 0.6 is 11.8 Å². The Bertz CT molecular complexity index is 380. The largest absolute Gasteiger partial charge is 0.334 e. The molecule has 1 fully saturated rings. The first-order chi connectivity index (χ1) is 7.75. The minimum Gasteiger partial charge on any atom is -0.334 e. The molecule has 1 aliphatic heterocycles. The van der Waals surface area contributed by atoms with E-state index in [0.717, 1.165) is 17.9 Å². The Morgan fingerprint density at radius 2 is 2.25 bits per heavy atom. The summed E-state index contributed by atoms with van der Waals surface area (Å²) in [5, 5.41) is 5.32. The van der Waals surface area contributed by atoms with Crippen LogP contribution in [0.2, 0.25) is 0 Å². The molecule has 1 saturated heterocycles. The van der Waals surface area contributed by atoms with Gasteiger partial charge in [0, 0.05) is 11.8 Å². The Hall–Kier alpha value is -1.23. The molecule has 5 heteroatoms. The monoisotopic (exact) mass is 240 g/mol. The van der Waals surface area contributed by atoms with Gasteiger partial charge in [0.2, 0.25) is 0 Å². The van der Waals surface area contributed by atoms with Gasteiger partial charge in [0.25, 0.3) is 0 Å². The number of nitrogens with one attached hydrogen (secondary N) is 2. The maximum Gasteiger partial charge on any atom is 0.319 e. The van der Waals surface area contributed by atoms with Gasteiger partial charge in [0.15, 0.2) is 0 Å². The van der Waals surface area contributed by atoms with Gasteiger partial charge in [-0.05, 0) is 24.3 Å². The standard InChI is InChI=1S/C11H13FN2OS/c12-9-3-1-2-4-10(9)14-11(15)13-8-5-6-16-7-8/h1-4,8H,5-7H2,(H2,13,14,15). The fraction of sp³-hybridized carbons (Fsp3) is 0.364. The van der Waals surface area contributed by atoms with Crippen LogP contribution in [0.1, 0.15) is 6.42 Å². The van der Waals surface area contributed by atoms with E-state index in [0.29, 0.717) is 0 Å². The maximum absolute atomic E-state index is 13.2. The lowest BCUT2D eigenvalue weighted by Gasteiger charge is -2.12. The lowest BCUT2D eigenvalue weighted by molar-refractivity contribution is 0.249. The second-order valence-corrected chi connectivity index (χ2v) is 4.79. The second-order valence-electron chi connectivity index (χ2n) is 3.64. The highest BCUT2D eigenvalue weighted by Gasteiger charge is 2.17. The normalized spacial score (nSPS) is 19.4. The molecule has 3 nitrogen and oxygen atoms in total. The Labute approximate surface area is 97.8 Å². The number of carbonyl (C=O) groups is 1. The van der Waals surface area contributed by atoms with Gasteiger partial charge in [0.1, 0.15) is 5.82 Å². The number of hydrogen-bond donors (Lipinski definition) is 2. The molecule has 0 bridgehead atoms. The summed E-state index contributed by atoms with van der Waals surface area (Å²) in [6.45, 7) is 0. The molecule has 1 aromatic carbocycles. The molecule has 1 atom stereocenters. The quantitative estimate of drug-likeness (QED) is 0.833. The van der Waals surface area contributed by atoms with Gasteiger partial charge in [-0.15, -0.1) is 0 Å². The fourth-order valence-electron chi connectivity index (χ4n) is 1.55. The summed E-state index contributed by atoms with van der Waals surface area (Å²) in [6.07, 6.45) is 0.982. The molecule has 0 aliphatic carbocycles. The van der Waals surface area contributed by atoms with E-state index in [1.54, 1.807) is 12.1 Å². The molecule has 16 heavy (non-hydrogen) atoms. The number of carbonyl (C=O) groups excluding carboxylic acids is 1. The first kappa shape index (κ1) is 11.3. The first-order valence-electron chi connectivity index (χ1n) is 5.15. The summed E-state index contributed by atoms with van der Waals surface area (Å²) >= 11 is 1.82. The van der Waals surface area contributed by atoms with Crippen LogP contribution in [-0.2, 0) is 0 Å². The van der Waals surface area contributed by atoms with Crippen LogP contribution in [0.4, 0.5) is 14.9 Å². The molecule has 1 aromatic rings. The number of rotatable bonds is 2. The van der Waals surface area contributed by atoms with Gasteiger partial charge < -0.3 is 10.6 Å². The number of thioether (sulfide) groups is 1. The highest BCUT2D eigenvalue weighted by atomic mass is 32.2. The van der Waals surface area contributed by atoms with Crippen molar-refractivity contribution in [2.24, 2.45) is 0 Å². The van der Waals surface area contributed by atoms with E-state index in [-0.39, 0.29) is 17.8 Å². The lowest BCUT2D eigenvalue weighted by atomic mass is 10.3. The third kappa shape index (κ3) is 2.88. The molecule has 0 saturated carbocycles. The zero-order chi connectivity index (χ0) is 11.4. The average molecular weight is 240 g/mol. The van der Waals surface area contributed by atoms with Gasteiger partial charge >= 0.3 is 6.03 Å². The van der Waals surface area contributed by atoms with Crippen molar-refractivity contribution in [1.82, 2.24) is 5.32 Å². The number of hydrogen-bond acceptors (Lipinski definition) is 2. The molecular formula is C11H13FN2OS. The highest BCUT2D eigenvalue weighted by Crippen LogP contribution is 2.17. The maximum atomic E-state index is 13.2. The summed E-state index contributed by atoms with van der Waals surface area (Å²) in [7, 11) is 0. The molecular weight excluding hydrogens is 227 g/mol. The summed E-state index contributed by atoms with van der Waals surface area (Å²) in [6, 6.07) is 6.00. The van der Waals surface area contributed by atoms with Crippen molar-refractivity contribution in [3.05, 3.63) is 30.1 Å². The predicted octanol–water partition coefficient (Wildman–Crippen LogP) is 2.45. The molecule has 2 amide bonds. The number of halogens is 1. The van der Waals surface area contributed by atoms with E-state index in [1.807, 2.05) is 11.8 Å². The first-order valence-corrected chi connectivity index (χ1v) is 6.31. The molecule has 1 unspecified atom stereocenters. The zero-order valence-electron chi connectivity index (χ0n) is 8.70. The molecule has 1 heterocycles. The van der Waals surface area contributed by atoms with Crippen molar-refractivity contribution in [3.8, 4) is 0 Å². The van der Waals surface area contributed by atoms with Crippen molar-refractivity contribution in [3.63, 3.8) is 0 Å².